The highest BCUT2D eigenvalue weighted by Gasteiger charge is 2.30. The van der Waals surface area contributed by atoms with Crippen LogP contribution in [0.5, 0.6) is 5.75 Å². The number of aromatic nitrogens is 3. The lowest BCUT2D eigenvalue weighted by atomic mass is 10.0. The Morgan fingerprint density at radius 1 is 1.45 bits per heavy atom. The van der Waals surface area contributed by atoms with Crippen LogP contribution < -0.4 is 11.0 Å². The number of H-pyrrole nitrogens is 1. The molecule has 0 bridgehead atoms. The molecule has 8 heteroatoms. The average Bonchev–Trinajstić information content (AvgIpc) is 2.82. The largest absolute Gasteiger partial charge is 0.507 e. The summed E-state index contributed by atoms with van der Waals surface area (Å²) in [6, 6.07) is 2.54. The molecule has 1 atom stereocenters. The first-order chi connectivity index (χ1) is 10.5. The molecule has 114 valence electrons. The second-order valence-corrected chi connectivity index (χ2v) is 5.22. The van der Waals surface area contributed by atoms with Gasteiger partial charge in [0, 0.05) is 11.1 Å². The summed E-state index contributed by atoms with van der Waals surface area (Å²) in [7, 11) is 0. The minimum absolute atomic E-state index is 0.0233. The number of nitrogens with zero attached hydrogens (tertiary/aromatic N) is 3. The lowest BCUT2D eigenvalue weighted by molar-refractivity contribution is 0.470. The van der Waals surface area contributed by atoms with Crippen LogP contribution in [0.25, 0.3) is 0 Å². The molecule has 0 saturated carbocycles. The molecule has 1 aliphatic carbocycles. The van der Waals surface area contributed by atoms with Gasteiger partial charge in [0.2, 0.25) is 5.95 Å². The number of fused-ring (bicyclic) bond motifs is 1. The van der Waals surface area contributed by atoms with E-state index < -0.39 is 0 Å². The number of nitrogens with one attached hydrogen (secondary N) is 2. The molecule has 0 saturated heterocycles. The third-order valence-corrected chi connectivity index (χ3v) is 3.61. The van der Waals surface area contributed by atoms with Crippen LogP contribution in [0.4, 0.5) is 10.3 Å². The van der Waals surface area contributed by atoms with Crippen molar-refractivity contribution in [1.29, 1.82) is 0 Å². The summed E-state index contributed by atoms with van der Waals surface area (Å²) < 4.78 is 13.9. The minimum atomic E-state index is -0.369. The topological polar surface area (TPSA) is 103 Å². The molecule has 2 aromatic rings. The number of phenols is 1. The van der Waals surface area contributed by atoms with Crippen molar-refractivity contribution in [2.45, 2.75) is 26.2 Å². The Balaban J connectivity index is 1.96. The third kappa shape index (κ3) is 2.32. The van der Waals surface area contributed by atoms with Crippen LogP contribution in [-0.4, -0.2) is 26.0 Å². The van der Waals surface area contributed by atoms with Crippen molar-refractivity contribution in [2.24, 2.45) is 5.10 Å². The van der Waals surface area contributed by atoms with Gasteiger partial charge in [-0.3, -0.25) is 9.78 Å². The Kier molecular flexibility index (Phi) is 3.36. The number of anilines is 1. The lowest BCUT2D eigenvalue weighted by Gasteiger charge is -2.06. The number of hydrogen-bond donors (Lipinski definition) is 3. The maximum Gasteiger partial charge on any atom is 0.274 e. The molecule has 0 aliphatic heterocycles. The molecule has 3 rings (SSSR count). The first-order valence-corrected chi connectivity index (χ1v) is 6.75. The Hall–Kier alpha value is -2.77. The van der Waals surface area contributed by atoms with Crippen molar-refractivity contribution < 1.29 is 9.50 Å². The number of aryl methyl sites for hydroxylation is 1. The normalized spacial score (nSPS) is 18.5. The number of aromatic amines is 1. The zero-order valence-electron chi connectivity index (χ0n) is 12.0. The SMILES string of the molecule is Cc1nnc(N/N=C2\C[C@H](C)c3c(F)ccc(O)c32)[nH]c1=O. The predicted octanol–water partition coefficient (Wildman–Crippen LogP) is 1.64. The maximum atomic E-state index is 13.9. The fraction of sp³-hybridized carbons (Fsp3) is 0.286. The standard InChI is InChI=1S/C14H14FN5O2/c1-6-5-9(12-10(21)4-3-8(15)11(6)12)18-20-14-16-13(22)7(2)17-19-14/h3-4,6,21H,5H2,1-2H3,(H2,16,19,20,22)/b18-9+/t6-/m0/s1. The Labute approximate surface area is 124 Å². The van der Waals surface area contributed by atoms with E-state index in [1.54, 1.807) is 0 Å². The van der Waals surface area contributed by atoms with Gasteiger partial charge in [0.1, 0.15) is 17.3 Å². The van der Waals surface area contributed by atoms with Gasteiger partial charge >= 0.3 is 0 Å². The molecule has 0 unspecified atom stereocenters. The molecule has 1 aromatic heterocycles. The molecule has 1 heterocycles. The summed E-state index contributed by atoms with van der Waals surface area (Å²) in [6.07, 6.45) is 0.473. The van der Waals surface area contributed by atoms with E-state index in [-0.39, 0.29) is 34.7 Å². The highest BCUT2D eigenvalue weighted by molar-refractivity contribution is 6.07. The van der Waals surface area contributed by atoms with Gasteiger partial charge in [-0.05, 0) is 31.4 Å². The Bertz CT molecular complexity index is 830. The van der Waals surface area contributed by atoms with Crippen molar-refractivity contribution in [2.75, 3.05) is 5.43 Å². The number of benzene rings is 1. The lowest BCUT2D eigenvalue weighted by Crippen LogP contribution is -2.16. The smallest absolute Gasteiger partial charge is 0.274 e. The molecule has 0 radical (unpaired) electrons. The van der Waals surface area contributed by atoms with E-state index in [4.69, 9.17) is 0 Å². The van der Waals surface area contributed by atoms with Crippen molar-refractivity contribution in [3.05, 3.63) is 45.1 Å². The molecular formula is C14H14FN5O2. The monoisotopic (exact) mass is 303 g/mol. The number of phenolic OH excluding ortho intramolecular Hbond substituents is 1. The fourth-order valence-electron chi connectivity index (χ4n) is 2.53. The number of halogens is 1. The summed E-state index contributed by atoms with van der Waals surface area (Å²) in [5.74, 6) is -0.398. The highest BCUT2D eigenvalue weighted by Crippen LogP contribution is 2.39. The van der Waals surface area contributed by atoms with Crippen LogP contribution in [0.15, 0.2) is 22.0 Å². The van der Waals surface area contributed by atoms with Crippen LogP contribution in [0.3, 0.4) is 0 Å². The summed E-state index contributed by atoms with van der Waals surface area (Å²) in [5.41, 5.74) is 3.81. The van der Waals surface area contributed by atoms with Crippen LogP contribution in [-0.2, 0) is 0 Å². The molecule has 22 heavy (non-hydrogen) atoms. The average molecular weight is 303 g/mol. The first-order valence-electron chi connectivity index (χ1n) is 6.75. The van der Waals surface area contributed by atoms with Gasteiger partial charge in [0.05, 0.1) is 5.71 Å². The van der Waals surface area contributed by atoms with Gasteiger partial charge in [-0.2, -0.15) is 5.10 Å². The van der Waals surface area contributed by atoms with E-state index in [1.165, 1.54) is 19.1 Å². The zero-order valence-corrected chi connectivity index (χ0v) is 12.0. The second kappa shape index (κ2) is 5.21. The third-order valence-electron chi connectivity index (χ3n) is 3.61. The molecule has 3 N–H and O–H groups in total. The molecule has 0 spiro atoms. The van der Waals surface area contributed by atoms with Crippen LogP contribution in [0.1, 0.15) is 36.1 Å². The molecule has 0 amide bonds. The number of hydrazone groups is 1. The van der Waals surface area contributed by atoms with E-state index in [0.717, 1.165) is 0 Å². The van der Waals surface area contributed by atoms with Gasteiger partial charge in [-0.1, -0.05) is 6.92 Å². The van der Waals surface area contributed by atoms with E-state index in [0.29, 0.717) is 23.3 Å². The molecule has 1 aliphatic rings. The van der Waals surface area contributed by atoms with Crippen LogP contribution in [0, 0.1) is 12.7 Å². The van der Waals surface area contributed by atoms with Crippen LogP contribution in [0.2, 0.25) is 0 Å². The summed E-state index contributed by atoms with van der Waals surface area (Å²) in [4.78, 5) is 13.9. The molecule has 1 aromatic carbocycles. The number of hydrogen-bond acceptors (Lipinski definition) is 6. The van der Waals surface area contributed by atoms with Crippen molar-refractivity contribution in [1.82, 2.24) is 15.2 Å². The van der Waals surface area contributed by atoms with Gasteiger partial charge in [-0.25, -0.2) is 9.82 Å². The van der Waals surface area contributed by atoms with E-state index in [2.05, 4.69) is 25.7 Å². The minimum Gasteiger partial charge on any atom is -0.507 e. The Morgan fingerprint density at radius 3 is 2.95 bits per heavy atom. The second-order valence-electron chi connectivity index (χ2n) is 5.22. The predicted molar refractivity (Wildman–Crippen MR) is 78.6 cm³/mol. The molecule has 7 nitrogen and oxygen atoms in total. The van der Waals surface area contributed by atoms with E-state index in [9.17, 15) is 14.3 Å². The molecule has 0 fully saturated rings. The van der Waals surface area contributed by atoms with Crippen molar-refractivity contribution in [3.8, 4) is 5.75 Å². The quantitative estimate of drug-likeness (QED) is 0.732. The zero-order chi connectivity index (χ0) is 15.9. The van der Waals surface area contributed by atoms with Crippen LogP contribution >= 0.6 is 0 Å². The van der Waals surface area contributed by atoms with Crippen molar-refractivity contribution in [3.63, 3.8) is 0 Å². The van der Waals surface area contributed by atoms with Gasteiger partial charge in [-0.15, -0.1) is 10.2 Å². The maximum absolute atomic E-state index is 13.9. The van der Waals surface area contributed by atoms with E-state index in [1.807, 2.05) is 6.92 Å². The van der Waals surface area contributed by atoms with E-state index >= 15 is 0 Å². The summed E-state index contributed by atoms with van der Waals surface area (Å²) in [5, 5.41) is 21.5. The summed E-state index contributed by atoms with van der Waals surface area (Å²) >= 11 is 0. The number of rotatable bonds is 2. The van der Waals surface area contributed by atoms with Gasteiger partial charge < -0.3 is 5.11 Å². The summed E-state index contributed by atoms with van der Waals surface area (Å²) in [6.45, 7) is 3.40. The van der Waals surface area contributed by atoms with Gasteiger partial charge in [0.15, 0.2) is 0 Å². The molecular weight excluding hydrogens is 289 g/mol. The Morgan fingerprint density at radius 2 is 2.23 bits per heavy atom. The highest BCUT2D eigenvalue weighted by atomic mass is 19.1. The van der Waals surface area contributed by atoms with Crippen molar-refractivity contribution >= 4 is 11.7 Å². The number of aromatic hydroxyl groups is 1. The first kappa shape index (κ1) is 14.2. The van der Waals surface area contributed by atoms with Gasteiger partial charge in [0.25, 0.3) is 5.56 Å². The fourth-order valence-corrected chi connectivity index (χ4v) is 2.53.